The van der Waals surface area contributed by atoms with Gasteiger partial charge in [-0.2, -0.15) is 5.10 Å². The van der Waals surface area contributed by atoms with Gasteiger partial charge in [-0.3, -0.25) is 14.8 Å². The van der Waals surface area contributed by atoms with Gasteiger partial charge in [0.2, 0.25) is 0 Å². The number of aryl methyl sites for hydroxylation is 1. The Labute approximate surface area is 141 Å². The lowest BCUT2D eigenvalue weighted by molar-refractivity contribution is -0.139. The third-order valence-corrected chi connectivity index (χ3v) is 4.32. The highest BCUT2D eigenvalue weighted by atomic mass is 35.5. The molecule has 0 amide bonds. The molecule has 0 saturated carbocycles. The van der Waals surface area contributed by atoms with Crippen LogP contribution in [0.5, 0.6) is 0 Å². The first-order valence-corrected chi connectivity index (χ1v) is 7.94. The monoisotopic (exact) mass is 335 g/mol. The van der Waals surface area contributed by atoms with Gasteiger partial charge < -0.3 is 5.11 Å². The average molecular weight is 336 g/mol. The fraction of sp³-hybridized carbons (Fsp3) is 0.412. The van der Waals surface area contributed by atoms with Crippen molar-refractivity contribution in [3.05, 3.63) is 51.8 Å². The van der Waals surface area contributed by atoms with Gasteiger partial charge in [0.1, 0.15) is 6.04 Å². The number of benzene rings is 1. The molecule has 0 bridgehead atoms. The van der Waals surface area contributed by atoms with E-state index in [9.17, 15) is 9.90 Å². The van der Waals surface area contributed by atoms with Crippen molar-refractivity contribution in [2.24, 2.45) is 0 Å². The molecular weight excluding hydrogens is 314 g/mol. The van der Waals surface area contributed by atoms with Crippen LogP contribution in [-0.4, -0.2) is 20.9 Å². The van der Waals surface area contributed by atoms with Crippen LogP contribution < -0.4 is 5.32 Å². The molecule has 0 aliphatic carbocycles. The van der Waals surface area contributed by atoms with E-state index in [1.165, 1.54) is 0 Å². The number of halogens is 1. The van der Waals surface area contributed by atoms with Crippen molar-refractivity contribution in [2.75, 3.05) is 0 Å². The van der Waals surface area contributed by atoms with Crippen LogP contribution in [0, 0.1) is 13.8 Å². The second kappa shape index (κ2) is 7.15. The number of nitrogens with one attached hydrogen (secondary N) is 1. The van der Waals surface area contributed by atoms with Crippen molar-refractivity contribution < 1.29 is 9.90 Å². The number of nitrogens with zero attached hydrogens (tertiary/aromatic N) is 2. The summed E-state index contributed by atoms with van der Waals surface area (Å²) in [5.41, 5.74) is 3.59. The number of aromatic nitrogens is 2. The van der Waals surface area contributed by atoms with Crippen LogP contribution >= 0.6 is 11.6 Å². The summed E-state index contributed by atoms with van der Waals surface area (Å²) in [7, 11) is 0. The third-order valence-electron chi connectivity index (χ3n) is 3.89. The number of aliphatic carboxylic acids is 1. The minimum absolute atomic E-state index is 0.276. The Hall–Kier alpha value is -1.85. The quantitative estimate of drug-likeness (QED) is 0.845. The van der Waals surface area contributed by atoms with Gasteiger partial charge in [-0.1, -0.05) is 23.7 Å². The molecule has 1 aromatic heterocycles. The summed E-state index contributed by atoms with van der Waals surface area (Å²) in [6.07, 6.45) is 1.79. The molecule has 6 heteroatoms. The molecule has 0 aliphatic heterocycles. The van der Waals surface area contributed by atoms with Gasteiger partial charge in [-0.15, -0.1) is 0 Å². The van der Waals surface area contributed by atoms with E-state index in [-0.39, 0.29) is 6.04 Å². The summed E-state index contributed by atoms with van der Waals surface area (Å²) in [6, 6.07) is 4.77. The SMILES string of the molecule is Cc1cc(C(NCc2cnn(C(C)C)c2C)C(=O)O)ccc1Cl. The van der Waals surface area contributed by atoms with E-state index in [1.807, 2.05) is 18.5 Å². The molecule has 124 valence electrons. The minimum Gasteiger partial charge on any atom is -0.480 e. The lowest BCUT2D eigenvalue weighted by atomic mass is 10.0. The number of hydrogen-bond acceptors (Lipinski definition) is 3. The van der Waals surface area contributed by atoms with Gasteiger partial charge in [-0.05, 0) is 44.9 Å². The molecule has 1 aromatic carbocycles. The van der Waals surface area contributed by atoms with Crippen LogP contribution in [0.2, 0.25) is 5.02 Å². The van der Waals surface area contributed by atoms with Gasteiger partial charge in [0.15, 0.2) is 0 Å². The molecule has 23 heavy (non-hydrogen) atoms. The van der Waals surface area contributed by atoms with Gasteiger partial charge in [-0.25, -0.2) is 0 Å². The number of carboxylic acids is 1. The van der Waals surface area contributed by atoms with Gasteiger partial charge in [0.25, 0.3) is 0 Å². The fourth-order valence-electron chi connectivity index (χ4n) is 2.56. The zero-order chi connectivity index (χ0) is 17.1. The molecular formula is C17H22ClN3O2. The second-order valence-electron chi connectivity index (χ2n) is 5.95. The third kappa shape index (κ3) is 3.92. The molecule has 1 heterocycles. The zero-order valence-corrected chi connectivity index (χ0v) is 14.6. The molecule has 0 saturated heterocycles. The van der Waals surface area contributed by atoms with Gasteiger partial charge in [0.05, 0.1) is 6.20 Å². The van der Waals surface area contributed by atoms with Crippen LogP contribution in [0.1, 0.15) is 48.3 Å². The van der Waals surface area contributed by atoms with Crippen LogP contribution in [0.4, 0.5) is 0 Å². The standard InChI is InChI=1S/C17H22ClN3O2/c1-10(2)21-12(4)14(9-20-21)8-19-16(17(22)23)13-5-6-15(18)11(3)7-13/h5-7,9-10,16,19H,8H2,1-4H3,(H,22,23). The normalized spacial score (nSPS) is 12.6. The first-order valence-electron chi connectivity index (χ1n) is 7.56. The topological polar surface area (TPSA) is 67.2 Å². The van der Waals surface area contributed by atoms with Crippen molar-refractivity contribution in [3.8, 4) is 0 Å². The van der Waals surface area contributed by atoms with Crippen LogP contribution in [-0.2, 0) is 11.3 Å². The highest BCUT2D eigenvalue weighted by Gasteiger charge is 2.20. The molecule has 5 nitrogen and oxygen atoms in total. The molecule has 0 spiro atoms. The van der Waals surface area contributed by atoms with E-state index < -0.39 is 12.0 Å². The van der Waals surface area contributed by atoms with Crippen molar-refractivity contribution in [2.45, 2.75) is 46.3 Å². The Morgan fingerprint density at radius 1 is 1.39 bits per heavy atom. The highest BCUT2D eigenvalue weighted by molar-refractivity contribution is 6.31. The molecule has 1 atom stereocenters. The molecule has 0 aliphatic rings. The van der Waals surface area contributed by atoms with Crippen molar-refractivity contribution >= 4 is 17.6 Å². The van der Waals surface area contributed by atoms with Crippen molar-refractivity contribution in [1.29, 1.82) is 0 Å². The van der Waals surface area contributed by atoms with Crippen molar-refractivity contribution in [1.82, 2.24) is 15.1 Å². The fourth-order valence-corrected chi connectivity index (χ4v) is 2.68. The number of rotatable bonds is 6. The number of carbonyl (C=O) groups is 1. The molecule has 0 fully saturated rings. The number of carboxylic acid groups (broad SMARTS) is 1. The van der Waals surface area contributed by atoms with E-state index in [1.54, 1.807) is 24.4 Å². The van der Waals surface area contributed by atoms with E-state index in [2.05, 4.69) is 24.3 Å². The Bertz CT molecular complexity index is 710. The first-order chi connectivity index (χ1) is 10.8. The smallest absolute Gasteiger partial charge is 0.325 e. The average Bonchev–Trinajstić information content (AvgIpc) is 2.84. The van der Waals surface area contributed by atoms with E-state index in [0.717, 1.165) is 16.8 Å². The maximum atomic E-state index is 11.6. The number of hydrogen-bond donors (Lipinski definition) is 2. The highest BCUT2D eigenvalue weighted by Crippen LogP contribution is 2.22. The summed E-state index contributed by atoms with van der Waals surface area (Å²) in [5, 5.41) is 17.6. The summed E-state index contributed by atoms with van der Waals surface area (Å²) < 4.78 is 1.93. The van der Waals surface area contributed by atoms with E-state index in [4.69, 9.17) is 11.6 Å². The Kier molecular flexibility index (Phi) is 5.44. The zero-order valence-electron chi connectivity index (χ0n) is 13.8. The summed E-state index contributed by atoms with van der Waals surface area (Å²) >= 11 is 6.01. The second-order valence-corrected chi connectivity index (χ2v) is 6.36. The summed E-state index contributed by atoms with van der Waals surface area (Å²) in [5.74, 6) is -0.916. The Morgan fingerprint density at radius 2 is 2.09 bits per heavy atom. The molecule has 2 rings (SSSR count). The Morgan fingerprint density at radius 3 is 2.61 bits per heavy atom. The maximum Gasteiger partial charge on any atom is 0.325 e. The lowest BCUT2D eigenvalue weighted by Crippen LogP contribution is -2.28. The van der Waals surface area contributed by atoms with Crippen LogP contribution in [0.25, 0.3) is 0 Å². The van der Waals surface area contributed by atoms with E-state index >= 15 is 0 Å². The maximum absolute atomic E-state index is 11.6. The van der Waals surface area contributed by atoms with Gasteiger partial charge in [0, 0.05) is 28.9 Å². The lowest BCUT2D eigenvalue weighted by Gasteiger charge is -2.16. The predicted molar refractivity (Wildman–Crippen MR) is 90.8 cm³/mol. The van der Waals surface area contributed by atoms with E-state index in [0.29, 0.717) is 17.1 Å². The van der Waals surface area contributed by atoms with Crippen molar-refractivity contribution in [3.63, 3.8) is 0 Å². The molecule has 0 radical (unpaired) electrons. The summed E-state index contributed by atoms with van der Waals surface area (Å²) in [4.78, 5) is 11.6. The van der Waals surface area contributed by atoms with Crippen LogP contribution in [0.3, 0.4) is 0 Å². The first kappa shape index (κ1) is 17.5. The minimum atomic E-state index is -0.916. The van der Waals surface area contributed by atoms with Gasteiger partial charge >= 0.3 is 5.97 Å². The molecule has 2 N–H and O–H groups in total. The largest absolute Gasteiger partial charge is 0.480 e. The molecule has 2 aromatic rings. The predicted octanol–water partition coefficient (Wildman–Crippen LogP) is 3.65. The molecule has 1 unspecified atom stereocenters. The van der Waals surface area contributed by atoms with Crippen LogP contribution in [0.15, 0.2) is 24.4 Å². The summed E-state index contributed by atoms with van der Waals surface area (Å²) in [6.45, 7) is 8.42. The Balaban J connectivity index is 2.17.